The van der Waals surface area contributed by atoms with Crippen LogP contribution in [0.3, 0.4) is 0 Å². The largest absolute Gasteiger partial charge is 0.472 e. The predicted octanol–water partition coefficient (Wildman–Crippen LogP) is 22.9. The molecule has 0 rings (SSSR count). The molecule has 4 unspecified atom stereocenters. The standard InChI is InChI=1S/C79H150O17P2/c1-8-11-12-13-14-15-16-17-22-27-30-33-39-48-55-62-78(83)95-74(66-89-76(81)60-53-46-38-32-29-26-24-21-19-18-20-23-25-28-31-36-44-51-58-71(6)9-2)68-93-97(85,86)91-64-73(80)65-92-98(87,88)94-69-75(67-90-77(82)61-54-47-42-41-43-50-57-70(4)5)96-79(84)63-56-49-40-35-34-37-45-52-59-72(7)10-3/h15-17,22,70-75,80H,8-14,18-21,23-69H2,1-7H3,(H,85,86)(H,87,88)/b16-15-,22-17-/t71?,72?,73-,74-,75-/m1/s1. The van der Waals surface area contributed by atoms with Gasteiger partial charge in [0, 0.05) is 25.7 Å². The van der Waals surface area contributed by atoms with Gasteiger partial charge in [-0.15, -0.1) is 0 Å². The molecule has 98 heavy (non-hydrogen) atoms. The van der Waals surface area contributed by atoms with E-state index in [1.54, 1.807) is 0 Å². The molecule has 0 aromatic rings. The van der Waals surface area contributed by atoms with Crippen LogP contribution in [0.2, 0.25) is 0 Å². The van der Waals surface area contributed by atoms with Crippen LogP contribution in [0.4, 0.5) is 0 Å². The van der Waals surface area contributed by atoms with Crippen molar-refractivity contribution in [1.29, 1.82) is 0 Å². The Bertz CT molecular complexity index is 2000. The van der Waals surface area contributed by atoms with Gasteiger partial charge in [-0.05, 0) is 69.1 Å². The summed E-state index contributed by atoms with van der Waals surface area (Å²) in [6.07, 6.45) is 59.3. The van der Waals surface area contributed by atoms with Gasteiger partial charge < -0.3 is 33.8 Å². The first kappa shape index (κ1) is 95.5. The maximum absolute atomic E-state index is 13.1. The van der Waals surface area contributed by atoms with Crippen LogP contribution in [0.1, 0.15) is 382 Å². The minimum absolute atomic E-state index is 0.0851. The highest BCUT2D eigenvalue weighted by molar-refractivity contribution is 7.47. The molecule has 0 amide bonds. The fourth-order valence-electron chi connectivity index (χ4n) is 11.5. The number of carbonyl (C=O) groups is 4. The molecule has 0 saturated carbocycles. The molecule has 0 aliphatic carbocycles. The molecule has 0 spiro atoms. The Kier molecular flexibility index (Phi) is 67.2. The molecule has 7 atom stereocenters. The van der Waals surface area contributed by atoms with E-state index in [0.29, 0.717) is 31.6 Å². The summed E-state index contributed by atoms with van der Waals surface area (Å²) in [5, 5.41) is 10.6. The molecular weight excluding hydrogens is 1280 g/mol. The van der Waals surface area contributed by atoms with E-state index < -0.39 is 97.5 Å². The van der Waals surface area contributed by atoms with Crippen LogP contribution in [0, 0.1) is 17.8 Å². The Morgan fingerprint density at radius 2 is 0.602 bits per heavy atom. The molecule has 0 heterocycles. The highest BCUT2D eigenvalue weighted by Gasteiger charge is 2.30. The lowest BCUT2D eigenvalue weighted by molar-refractivity contribution is -0.161. The second-order valence-corrected chi connectivity index (χ2v) is 31.6. The zero-order valence-electron chi connectivity index (χ0n) is 63.7. The second kappa shape index (κ2) is 68.9. The lowest BCUT2D eigenvalue weighted by Crippen LogP contribution is -2.30. The summed E-state index contributed by atoms with van der Waals surface area (Å²) in [6.45, 7) is 11.8. The zero-order chi connectivity index (χ0) is 72.3. The van der Waals surface area contributed by atoms with Gasteiger partial charge in [0.15, 0.2) is 12.2 Å². The molecule has 0 aromatic heterocycles. The Labute approximate surface area is 599 Å². The molecule has 578 valence electrons. The first-order valence-electron chi connectivity index (χ1n) is 40.2. The lowest BCUT2D eigenvalue weighted by atomic mass is 9.99. The molecule has 0 fully saturated rings. The van der Waals surface area contributed by atoms with Crippen molar-refractivity contribution >= 4 is 39.5 Å². The second-order valence-electron chi connectivity index (χ2n) is 28.7. The topological polar surface area (TPSA) is 237 Å². The number of ether oxygens (including phenoxy) is 4. The minimum atomic E-state index is -4.97. The predicted molar refractivity (Wildman–Crippen MR) is 400 cm³/mol. The van der Waals surface area contributed by atoms with Crippen LogP contribution in [0.5, 0.6) is 0 Å². The van der Waals surface area contributed by atoms with Gasteiger partial charge in [-0.3, -0.25) is 37.3 Å². The van der Waals surface area contributed by atoms with Crippen LogP contribution in [0.25, 0.3) is 0 Å². The SMILES string of the molecule is CCCCCC/C=C\C=C/CCCCCCCC(=O)O[C@H](COC(=O)CCCCCCCCCCCCCCCCCCCCC(C)CC)COP(=O)(O)OC[C@@H](O)COP(=O)(O)OC[C@@H](COC(=O)CCCCCCCCC(C)C)OC(=O)CCCCCCCCCCC(C)CC. The van der Waals surface area contributed by atoms with Crippen LogP contribution in [-0.4, -0.2) is 96.7 Å². The minimum Gasteiger partial charge on any atom is -0.462 e. The average Bonchev–Trinajstić information content (AvgIpc) is 1.22. The van der Waals surface area contributed by atoms with Gasteiger partial charge in [0.1, 0.15) is 19.3 Å². The van der Waals surface area contributed by atoms with Crippen molar-refractivity contribution < 1.29 is 80.2 Å². The van der Waals surface area contributed by atoms with Gasteiger partial charge in [-0.1, -0.05) is 330 Å². The molecule has 0 radical (unpaired) electrons. The summed E-state index contributed by atoms with van der Waals surface area (Å²) in [5.74, 6) is 0.168. The molecule has 0 aliphatic heterocycles. The van der Waals surface area contributed by atoms with Gasteiger partial charge in [-0.25, -0.2) is 9.13 Å². The average molecular weight is 1430 g/mol. The van der Waals surface area contributed by atoms with E-state index in [4.69, 9.17) is 37.0 Å². The Morgan fingerprint density at radius 3 is 0.908 bits per heavy atom. The maximum Gasteiger partial charge on any atom is 0.472 e. The molecule has 17 nitrogen and oxygen atoms in total. The highest BCUT2D eigenvalue weighted by atomic mass is 31.2. The quantitative estimate of drug-likeness (QED) is 0.0169. The highest BCUT2D eigenvalue weighted by Crippen LogP contribution is 2.45. The first-order valence-corrected chi connectivity index (χ1v) is 43.2. The van der Waals surface area contributed by atoms with Crippen molar-refractivity contribution in [3.8, 4) is 0 Å². The van der Waals surface area contributed by atoms with Crippen LogP contribution in [-0.2, 0) is 65.4 Å². The van der Waals surface area contributed by atoms with Crippen LogP contribution < -0.4 is 0 Å². The monoisotopic (exact) mass is 1430 g/mol. The summed E-state index contributed by atoms with van der Waals surface area (Å²) in [4.78, 5) is 72.8. The Balaban J connectivity index is 5.21. The molecule has 0 aromatic carbocycles. The fraction of sp³-hybridized carbons (Fsp3) is 0.899. The van der Waals surface area contributed by atoms with Crippen LogP contribution in [0.15, 0.2) is 24.3 Å². The number of rotatable bonds is 75. The van der Waals surface area contributed by atoms with Gasteiger partial charge in [0.2, 0.25) is 0 Å². The number of phosphoric acid groups is 2. The summed E-state index contributed by atoms with van der Waals surface area (Å²) in [7, 11) is -9.93. The van der Waals surface area contributed by atoms with Gasteiger partial charge in [0.05, 0.1) is 26.4 Å². The van der Waals surface area contributed by atoms with E-state index in [9.17, 15) is 43.2 Å². The van der Waals surface area contributed by atoms with Crippen molar-refractivity contribution in [3.05, 3.63) is 24.3 Å². The number of aliphatic hydroxyl groups is 1. The van der Waals surface area contributed by atoms with Crippen molar-refractivity contribution in [2.24, 2.45) is 17.8 Å². The van der Waals surface area contributed by atoms with E-state index in [2.05, 4.69) is 72.8 Å². The normalized spacial score (nSPS) is 14.7. The number of allylic oxidation sites excluding steroid dienone is 4. The van der Waals surface area contributed by atoms with Gasteiger partial charge in [-0.2, -0.15) is 0 Å². The number of aliphatic hydroxyl groups excluding tert-OH is 1. The number of hydrogen-bond acceptors (Lipinski definition) is 15. The molecule has 0 aliphatic rings. The summed E-state index contributed by atoms with van der Waals surface area (Å²) in [5.41, 5.74) is 0. The van der Waals surface area contributed by atoms with E-state index in [0.717, 1.165) is 121 Å². The molecule has 0 bridgehead atoms. The number of esters is 4. The van der Waals surface area contributed by atoms with Gasteiger partial charge in [0.25, 0.3) is 0 Å². The van der Waals surface area contributed by atoms with Crippen LogP contribution >= 0.6 is 15.6 Å². The molecule has 19 heteroatoms. The third kappa shape index (κ3) is 69.3. The van der Waals surface area contributed by atoms with E-state index >= 15 is 0 Å². The number of carbonyl (C=O) groups excluding carboxylic acids is 4. The van der Waals surface area contributed by atoms with Crippen molar-refractivity contribution in [2.75, 3.05) is 39.6 Å². The summed E-state index contributed by atoms with van der Waals surface area (Å²) in [6, 6.07) is 0. The maximum atomic E-state index is 13.1. The molecule has 3 N–H and O–H groups in total. The van der Waals surface area contributed by atoms with E-state index in [-0.39, 0.29) is 25.7 Å². The summed E-state index contributed by atoms with van der Waals surface area (Å²) < 4.78 is 68.5. The number of unbranched alkanes of at least 4 members (excludes halogenated alkanes) is 38. The third-order valence-corrected chi connectivity index (χ3v) is 20.4. The zero-order valence-corrected chi connectivity index (χ0v) is 65.5. The van der Waals surface area contributed by atoms with Crippen molar-refractivity contribution in [3.63, 3.8) is 0 Å². The Morgan fingerprint density at radius 1 is 0.337 bits per heavy atom. The fourth-order valence-corrected chi connectivity index (χ4v) is 13.1. The lowest BCUT2D eigenvalue weighted by Gasteiger charge is -2.21. The third-order valence-electron chi connectivity index (χ3n) is 18.5. The Hall–Kier alpha value is -2.46. The number of hydrogen-bond donors (Lipinski definition) is 3. The molecular formula is C79H150O17P2. The smallest absolute Gasteiger partial charge is 0.462 e. The van der Waals surface area contributed by atoms with E-state index in [1.807, 2.05) is 0 Å². The van der Waals surface area contributed by atoms with E-state index in [1.165, 1.54) is 173 Å². The summed E-state index contributed by atoms with van der Waals surface area (Å²) >= 11 is 0. The molecule has 0 saturated heterocycles. The number of phosphoric ester groups is 2. The van der Waals surface area contributed by atoms with Gasteiger partial charge >= 0.3 is 39.5 Å². The first-order chi connectivity index (χ1) is 47.3. The van der Waals surface area contributed by atoms with Crippen molar-refractivity contribution in [2.45, 2.75) is 401 Å². The van der Waals surface area contributed by atoms with Crippen molar-refractivity contribution in [1.82, 2.24) is 0 Å².